The number of ether oxygens (including phenoxy) is 1. The van der Waals surface area contributed by atoms with Gasteiger partial charge in [-0.25, -0.2) is 4.79 Å². The second kappa shape index (κ2) is 12.9. The normalized spacial score (nSPS) is 15.4. The first kappa shape index (κ1) is 29.1. The van der Waals surface area contributed by atoms with E-state index in [1.54, 1.807) is 6.07 Å². The molecule has 3 N–H and O–H groups in total. The van der Waals surface area contributed by atoms with E-state index in [9.17, 15) is 23.1 Å². The Balaban J connectivity index is 1.33. The molecule has 3 aromatic carbocycles. The van der Waals surface area contributed by atoms with Gasteiger partial charge < -0.3 is 19.8 Å². The molecule has 1 heterocycles. The summed E-state index contributed by atoms with van der Waals surface area (Å²) in [6.45, 7) is 2.97. The average Bonchev–Trinajstić information content (AvgIpc) is 2.95. The lowest BCUT2D eigenvalue weighted by Gasteiger charge is -2.35. The van der Waals surface area contributed by atoms with Crippen molar-refractivity contribution in [1.29, 1.82) is 0 Å². The highest BCUT2D eigenvalue weighted by Crippen LogP contribution is 2.24. The predicted octanol–water partition coefficient (Wildman–Crippen LogP) is 3.68. The molecule has 40 heavy (non-hydrogen) atoms. The van der Waals surface area contributed by atoms with E-state index >= 15 is 0 Å². The molecule has 1 aliphatic heterocycles. The number of benzene rings is 3. The third-order valence-corrected chi connectivity index (χ3v) is 8.30. The fourth-order valence-corrected chi connectivity index (χ4v) is 5.90. The summed E-state index contributed by atoms with van der Waals surface area (Å²) >= 11 is 0. The third kappa shape index (κ3) is 7.59. The first-order chi connectivity index (χ1) is 19.1. The van der Waals surface area contributed by atoms with Crippen molar-refractivity contribution >= 4 is 50.8 Å². The summed E-state index contributed by atoms with van der Waals surface area (Å²) in [5, 5.41) is 20.0. The minimum Gasteiger partial charge on any atom is -0.482 e. The molecule has 1 atom stereocenters. The van der Waals surface area contributed by atoms with E-state index in [0.717, 1.165) is 27.6 Å². The number of carbonyl (C=O) groups is 2. The van der Waals surface area contributed by atoms with Crippen LogP contribution in [-0.4, -0.2) is 73.7 Å². The van der Waals surface area contributed by atoms with Crippen LogP contribution >= 0.6 is 0 Å². The Kier molecular flexibility index (Phi) is 9.41. The number of piperazine rings is 1. The summed E-state index contributed by atoms with van der Waals surface area (Å²) < 4.78 is 34.2. The number of aliphatic carboxylic acids is 2. The van der Waals surface area contributed by atoms with E-state index in [1.165, 1.54) is 4.31 Å². The largest absolute Gasteiger partial charge is 0.482 e. The Morgan fingerprint density at radius 3 is 2.20 bits per heavy atom. The lowest BCUT2D eigenvalue weighted by Crippen LogP contribution is -2.54. The van der Waals surface area contributed by atoms with Crippen molar-refractivity contribution in [2.45, 2.75) is 25.8 Å². The highest BCUT2D eigenvalue weighted by molar-refractivity contribution is 7.87. The van der Waals surface area contributed by atoms with Crippen LogP contribution in [0.25, 0.3) is 22.9 Å². The fraction of sp³-hybridized carbons (Fsp3) is 0.310. The zero-order chi connectivity index (χ0) is 28.7. The van der Waals surface area contributed by atoms with Crippen molar-refractivity contribution in [2.75, 3.05) is 37.7 Å². The fourth-order valence-electron chi connectivity index (χ4n) is 4.53. The van der Waals surface area contributed by atoms with Crippen LogP contribution in [0.2, 0.25) is 0 Å². The molecular weight excluding hydrogens is 534 g/mol. The summed E-state index contributed by atoms with van der Waals surface area (Å²) in [5.74, 6) is -1.68. The van der Waals surface area contributed by atoms with Gasteiger partial charge in [-0.05, 0) is 58.7 Å². The second-order valence-electron chi connectivity index (χ2n) is 9.56. The van der Waals surface area contributed by atoms with E-state index in [2.05, 4.69) is 9.62 Å². The lowest BCUT2D eigenvalue weighted by atomic mass is 10.1. The topological polar surface area (TPSA) is 136 Å². The molecular formula is C29H33N3O7S. The van der Waals surface area contributed by atoms with Crippen LogP contribution in [0.1, 0.15) is 30.9 Å². The van der Waals surface area contributed by atoms with E-state index in [0.29, 0.717) is 25.3 Å². The number of nitrogens with one attached hydrogen (secondary N) is 1. The molecule has 10 nitrogen and oxygen atoms in total. The van der Waals surface area contributed by atoms with Gasteiger partial charge in [0.05, 0.1) is 0 Å². The maximum atomic E-state index is 12.7. The van der Waals surface area contributed by atoms with Crippen LogP contribution in [0.15, 0.2) is 60.7 Å². The molecule has 0 saturated carbocycles. The monoisotopic (exact) mass is 567 g/mol. The number of anilines is 1. The number of hydrogen-bond donors (Lipinski definition) is 3. The maximum absolute atomic E-state index is 12.7. The molecule has 11 heteroatoms. The second-order valence-corrected chi connectivity index (χ2v) is 11.3. The van der Waals surface area contributed by atoms with Crippen molar-refractivity contribution in [3.63, 3.8) is 0 Å². The Bertz CT molecular complexity index is 1480. The first-order valence-corrected chi connectivity index (χ1v) is 14.5. The zero-order valence-corrected chi connectivity index (χ0v) is 23.0. The SMILES string of the molecule is CCC[C@H](NS(=O)(=O)N1CCN(c2ccc(/C=C/c3ccc4cc(OCC(=O)O)ccc4c3)cc2)CC1)C(=O)O. The van der Waals surface area contributed by atoms with E-state index in [4.69, 9.17) is 9.84 Å². The summed E-state index contributed by atoms with van der Waals surface area (Å²) in [6, 6.07) is 18.4. The van der Waals surface area contributed by atoms with Crippen LogP contribution in [0, 0.1) is 0 Å². The van der Waals surface area contributed by atoms with Gasteiger partial charge in [0.2, 0.25) is 0 Å². The smallest absolute Gasteiger partial charge is 0.341 e. The molecule has 1 aliphatic rings. The molecule has 4 rings (SSSR count). The molecule has 0 aromatic heterocycles. The summed E-state index contributed by atoms with van der Waals surface area (Å²) in [6.07, 6.45) is 4.83. The van der Waals surface area contributed by atoms with Gasteiger partial charge in [0.25, 0.3) is 10.2 Å². The Morgan fingerprint density at radius 1 is 0.925 bits per heavy atom. The predicted molar refractivity (Wildman–Crippen MR) is 155 cm³/mol. The van der Waals surface area contributed by atoms with Gasteiger partial charge in [-0.3, -0.25) is 4.79 Å². The van der Waals surface area contributed by atoms with Gasteiger partial charge in [-0.2, -0.15) is 17.4 Å². The van der Waals surface area contributed by atoms with E-state index in [1.807, 2.05) is 73.7 Å². The van der Waals surface area contributed by atoms with Crippen LogP contribution in [-0.2, 0) is 19.8 Å². The first-order valence-electron chi connectivity index (χ1n) is 13.1. The molecule has 0 bridgehead atoms. The lowest BCUT2D eigenvalue weighted by molar-refractivity contribution is -0.140. The quantitative estimate of drug-likeness (QED) is 0.282. The number of fused-ring (bicyclic) bond motifs is 1. The molecule has 0 radical (unpaired) electrons. The van der Waals surface area contributed by atoms with Crippen molar-refractivity contribution in [3.05, 3.63) is 71.8 Å². The number of rotatable bonds is 12. The molecule has 0 amide bonds. The molecule has 0 unspecified atom stereocenters. The Hall–Kier alpha value is -3.93. The highest BCUT2D eigenvalue weighted by atomic mass is 32.2. The van der Waals surface area contributed by atoms with Gasteiger partial charge >= 0.3 is 11.9 Å². The van der Waals surface area contributed by atoms with Gasteiger partial charge in [-0.15, -0.1) is 0 Å². The molecule has 3 aromatic rings. The van der Waals surface area contributed by atoms with Crippen LogP contribution < -0.4 is 14.4 Å². The minimum absolute atomic E-state index is 0.239. The molecule has 212 valence electrons. The molecule has 1 saturated heterocycles. The van der Waals surface area contributed by atoms with Crippen molar-refractivity contribution in [3.8, 4) is 5.75 Å². The third-order valence-electron chi connectivity index (χ3n) is 6.67. The van der Waals surface area contributed by atoms with Crippen molar-refractivity contribution < 1.29 is 33.0 Å². The van der Waals surface area contributed by atoms with Crippen molar-refractivity contribution in [1.82, 2.24) is 9.03 Å². The number of carboxylic acids is 2. The standard InChI is InChI=1S/C29H33N3O7S/c1-2-3-27(29(35)36)30-40(37,38)32-16-14-31(15-17-32)25-11-7-21(8-12-25)4-5-22-6-9-24-19-26(39-20-28(33)34)13-10-23(24)18-22/h4-13,18-19,27,30H,2-3,14-17,20H2,1H3,(H,33,34)(H,35,36)/b5-4+/t27-/m0/s1. The number of nitrogens with zero attached hydrogens (tertiary/aromatic N) is 2. The summed E-state index contributed by atoms with van der Waals surface area (Å²) in [5.41, 5.74) is 3.02. The maximum Gasteiger partial charge on any atom is 0.341 e. The van der Waals surface area contributed by atoms with Crippen LogP contribution in [0.5, 0.6) is 5.75 Å². The summed E-state index contributed by atoms with van der Waals surface area (Å²) in [7, 11) is -3.88. The molecule has 0 spiro atoms. The summed E-state index contributed by atoms with van der Waals surface area (Å²) in [4.78, 5) is 24.2. The molecule has 0 aliphatic carbocycles. The zero-order valence-electron chi connectivity index (χ0n) is 22.2. The van der Waals surface area contributed by atoms with E-state index < -0.39 is 28.2 Å². The Morgan fingerprint density at radius 2 is 1.55 bits per heavy atom. The molecule has 1 fully saturated rings. The highest BCUT2D eigenvalue weighted by Gasteiger charge is 2.31. The van der Waals surface area contributed by atoms with Crippen LogP contribution in [0.4, 0.5) is 5.69 Å². The average molecular weight is 568 g/mol. The van der Waals surface area contributed by atoms with Gasteiger partial charge in [0, 0.05) is 31.9 Å². The number of hydrogen-bond acceptors (Lipinski definition) is 6. The van der Waals surface area contributed by atoms with Gasteiger partial charge in [0.1, 0.15) is 11.8 Å². The number of carboxylic acid groups (broad SMARTS) is 2. The van der Waals surface area contributed by atoms with Gasteiger partial charge in [-0.1, -0.05) is 55.8 Å². The van der Waals surface area contributed by atoms with Crippen molar-refractivity contribution in [2.24, 2.45) is 0 Å². The van der Waals surface area contributed by atoms with E-state index in [-0.39, 0.29) is 26.1 Å². The van der Waals surface area contributed by atoms with Crippen LogP contribution in [0.3, 0.4) is 0 Å². The minimum atomic E-state index is -3.88. The Labute approximate surface area is 233 Å². The van der Waals surface area contributed by atoms with Gasteiger partial charge in [0.15, 0.2) is 6.61 Å².